The summed E-state index contributed by atoms with van der Waals surface area (Å²) < 4.78 is 0. The second kappa shape index (κ2) is 6.08. The summed E-state index contributed by atoms with van der Waals surface area (Å²) in [7, 11) is 5.36. The lowest BCUT2D eigenvalue weighted by Gasteiger charge is -2.24. The van der Waals surface area contributed by atoms with Crippen LogP contribution in [0.5, 0.6) is 0 Å². The third kappa shape index (κ3) is 3.62. The first-order valence-corrected chi connectivity index (χ1v) is 5.67. The highest BCUT2D eigenvalue weighted by Gasteiger charge is 2.11. The molecule has 0 aliphatic heterocycles. The zero-order valence-electron chi connectivity index (χ0n) is 10.9. The number of pyridine rings is 1. The Labute approximate surface area is 102 Å². The average molecular weight is 236 g/mol. The molecule has 1 rings (SSSR count). The van der Waals surface area contributed by atoms with Gasteiger partial charge in [0.1, 0.15) is 5.82 Å². The van der Waals surface area contributed by atoms with Gasteiger partial charge in [-0.2, -0.15) is 0 Å². The number of hydrogen-bond acceptors (Lipinski definition) is 4. The highest BCUT2D eigenvalue weighted by atomic mass is 16.2. The van der Waals surface area contributed by atoms with Gasteiger partial charge in [-0.3, -0.25) is 4.79 Å². The van der Waals surface area contributed by atoms with E-state index in [1.165, 1.54) is 0 Å². The minimum atomic E-state index is 0.0923. The molecule has 1 aromatic heterocycles. The molecule has 0 aliphatic carbocycles. The Hall–Kier alpha value is -1.78. The topological polar surface area (TPSA) is 48.5 Å². The molecule has 1 N–H and O–H groups in total. The number of rotatable bonds is 5. The van der Waals surface area contributed by atoms with E-state index in [0.717, 1.165) is 18.1 Å². The van der Waals surface area contributed by atoms with Crippen molar-refractivity contribution in [2.24, 2.45) is 0 Å². The quantitative estimate of drug-likeness (QED) is 0.830. The summed E-state index contributed by atoms with van der Waals surface area (Å²) in [5, 5.41) is 2.99. The first-order chi connectivity index (χ1) is 8.08. The van der Waals surface area contributed by atoms with E-state index in [2.05, 4.69) is 10.3 Å². The first-order valence-electron chi connectivity index (χ1n) is 5.67. The van der Waals surface area contributed by atoms with Gasteiger partial charge in [0, 0.05) is 45.6 Å². The highest BCUT2D eigenvalue weighted by Crippen LogP contribution is 2.16. The molecule has 1 heterocycles. The lowest BCUT2D eigenvalue weighted by Crippen LogP contribution is -2.36. The number of nitrogens with one attached hydrogen (secondary N) is 1. The van der Waals surface area contributed by atoms with Crippen LogP contribution in [0, 0.1) is 0 Å². The van der Waals surface area contributed by atoms with Crippen LogP contribution < -0.4 is 10.2 Å². The van der Waals surface area contributed by atoms with Crippen molar-refractivity contribution in [3.63, 3.8) is 0 Å². The van der Waals surface area contributed by atoms with Crippen LogP contribution in [0.2, 0.25) is 0 Å². The van der Waals surface area contributed by atoms with E-state index < -0.39 is 0 Å². The van der Waals surface area contributed by atoms with Gasteiger partial charge in [-0.25, -0.2) is 4.98 Å². The third-order valence-electron chi connectivity index (χ3n) is 2.57. The van der Waals surface area contributed by atoms with Gasteiger partial charge >= 0.3 is 0 Å². The average Bonchev–Trinajstić information content (AvgIpc) is 2.35. The minimum Gasteiger partial charge on any atom is -0.373 e. The Bertz CT molecular complexity index is 379. The lowest BCUT2D eigenvalue weighted by atomic mass is 10.3. The van der Waals surface area contributed by atoms with Crippen molar-refractivity contribution in [1.29, 1.82) is 0 Å². The summed E-state index contributed by atoms with van der Waals surface area (Å²) >= 11 is 0. The molecule has 0 saturated heterocycles. The summed E-state index contributed by atoms with van der Waals surface area (Å²) in [6.45, 7) is 3.20. The van der Waals surface area contributed by atoms with Crippen LogP contribution in [0.25, 0.3) is 0 Å². The zero-order valence-corrected chi connectivity index (χ0v) is 10.9. The van der Waals surface area contributed by atoms with Crippen molar-refractivity contribution in [2.75, 3.05) is 44.4 Å². The Morgan fingerprint density at radius 3 is 2.71 bits per heavy atom. The lowest BCUT2D eigenvalue weighted by molar-refractivity contribution is -0.127. The maximum absolute atomic E-state index is 11.7. The van der Waals surface area contributed by atoms with Crippen LogP contribution in [-0.2, 0) is 4.79 Å². The Morgan fingerprint density at radius 2 is 2.18 bits per heavy atom. The van der Waals surface area contributed by atoms with Gasteiger partial charge in [-0.15, -0.1) is 0 Å². The monoisotopic (exact) mass is 236 g/mol. The standard InChI is InChI=1S/C12H20N4O/c1-5-16(9-12(17)15(3)4)10-6-7-14-11(8-10)13-2/h6-8H,5,9H2,1-4H3,(H,13,14). The van der Waals surface area contributed by atoms with Gasteiger partial charge in [-0.1, -0.05) is 0 Å². The van der Waals surface area contributed by atoms with Crippen LogP contribution in [-0.4, -0.2) is 50.0 Å². The van der Waals surface area contributed by atoms with Gasteiger partial charge in [0.25, 0.3) is 0 Å². The van der Waals surface area contributed by atoms with Crippen LogP contribution in [0.3, 0.4) is 0 Å². The second-order valence-corrected chi connectivity index (χ2v) is 3.95. The fourth-order valence-corrected chi connectivity index (χ4v) is 1.44. The van der Waals surface area contributed by atoms with Crippen molar-refractivity contribution in [2.45, 2.75) is 6.92 Å². The van der Waals surface area contributed by atoms with Gasteiger partial charge < -0.3 is 15.1 Å². The molecule has 0 atom stereocenters. The first kappa shape index (κ1) is 13.3. The fraction of sp³-hybridized carbons (Fsp3) is 0.500. The third-order valence-corrected chi connectivity index (χ3v) is 2.57. The molecule has 0 bridgehead atoms. The minimum absolute atomic E-state index is 0.0923. The number of nitrogens with zero attached hydrogens (tertiary/aromatic N) is 3. The Morgan fingerprint density at radius 1 is 1.47 bits per heavy atom. The van der Waals surface area contributed by atoms with E-state index >= 15 is 0 Å². The number of likely N-dealkylation sites (N-methyl/N-ethyl adjacent to an activating group) is 2. The van der Waals surface area contributed by atoms with Crippen LogP contribution >= 0.6 is 0 Å². The van der Waals surface area contributed by atoms with Crippen molar-refractivity contribution in [1.82, 2.24) is 9.88 Å². The van der Waals surface area contributed by atoms with E-state index in [4.69, 9.17) is 0 Å². The Balaban J connectivity index is 2.82. The van der Waals surface area contributed by atoms with E-state index in [9.17, 15) is 4.79 Å². The molecule has 0 unspecified atom stereocenters. The van der Waals surface area contributed by atoms with Crippen molar-refractivity contribution < 1.29 is 4.79 Å². The number of carbonyl (C=O) groups is 1. The van der Waals surface area contributed by atoms with Crippen molar-refractivity contribution in [3.8, 4) is 0 Å². The SMILES string of the molecule is CCN(CC(=O)N(C)C)c1ccnc(NC)c1. The van der Waals surface area contributed by atoms with Crippen molar-refractivity contribution >= 4 is 17.4 Å². The van der Waals surface area contributed by atoms with E-state index in [0.29, 0.717) is 6.54 Å². The van der Waals surface area contributed by atoms with E-state index in [1.807, 2.05) is 31.0 Å². The molecule has 1 amide bonds. The van der Waals surface area contributed by atoms with Gasteiger partial charge in [-0.05, 0) is 13.0 Å². The number of anilines is 2. The molecule has 5 nitrogen and oxygen atoms in total. The van der Waals surface area contributed by atoms with Crippen molar-refractivity contribution in [3.05, 3.63) is 18.3 Å². The molecular weight excluding hydrogens is 216 g/mol. The predicted molar refractivity (Wildman–Crippen MR) is 70.4 cm³/mol. The summed E-state index contributed by atoms with van der Waals surface area (Å²) in [5.41, 5.74) is 1.00. The maximum Gasteiger partial charge on any atom is 0.241 e. The van der Waals surface area contributed by atoms with Gasteiger partial charge in [0.2, 0.25) is 5.91 Å². The van der Waals surface area contributed by atoms with Crippen LogP contribution in [0.15, 0.2) is 18.3 Å². The highest BCUT2D eigenvalue weighted by molar-refractivity contribution is 5.81. The molecule has 0 aromatic carbocycles. The number of amides is 1. The number of aromatic nitrogens is 1. The largest absolute Gasteiger partial charge is 0.373 e. The van der Waals surface area contributed by atoms with E-state index in [-0.39, 0.29) is 5.91 Å². The van der Waals surface area contributed by atoms with Gasteiger partial charge in [0.15, 0.2) is 0 Å². The molecule has 1 aromatic rings. The predicted octanol–water partition coefficient (Wildman–Crippen LogP) is 1.04. The van der Waals surface area contributed by atoms with E-state index in [1.54, 1.807) is 25.2 Å². The maximum atomic E-state index is 11.7. The number of carbonyl (C=O) groups excluding carboxylic acids is 1. The second-order valence-electron chi connectivity index (χ2n) is 3.95. The normalized spacial score (nSPS) is 9.88. The molecular formula is C12H20N4O. The molecule has 0 aliphatic rings. The molecule has 0 fully saturated rings. The summed E-state index contributed by atoms with van der Waals surface area (Å²) in [6, 6.07) is 3.85. The Kier molecular flexibility index (Phi) is 4.75. The zero-order chi connectivity index (χ0) is 12.8. The molecule has 0 spiro atoms. The fourth-order valence-electron chi connectivity index (χ4n) is 1.44. The van der Waals surface area contributed by atoms with Crippen LogP contribution in [0.1, 0.15) is 6.92 Å². The summed E-state index contributed by atoms with van der Waals surface area (Å²) in [6.07, 6.45) is 1.74. The summed E-state index contributed by atoms with van der Waals surface area (Å²) in [4.78, 5) is 19.5. The molecule has 0 saturated carbocycles. The van der Waals surface area contributed by atoms with Gasteiger partial charge in [0.05, 0.1) is 6.54 Å². The molecule has 5 heteroatoms. The molecule has 17 heavy (non-hydrogen) atoms. The molecule has 0 radical (unpaired) electrons. The summed E-state index contributed by atoms with van der Waals surface area (Å²) in [5.74, 6) is 0.896. The smallest absolute Gasteiger partial charge is 0.241 e. The van der Waals surface area contributed by atoms with Crippen LogP contribution in [0.4, 0.5) is 11.5 Å². The number of hydrogen-bond donors (Lipinski definition) is 1. The molecule has 94 valence electrons.